The Morgan fingerprint density at radius 2 is 1.79 bits per heavy atom. The van der Waals surface area contributed by atoms with Crippen LogP contribution in [0.5, 0.6) is 11.5 Å². The van der Waals surface area contributed by atoms with Gasteiger partial charge in [0.2, 0.25) is 10.0 Å². The second kappa shape index (κ2) is 11.5. The molecule has 2 aromatic rings. The molecule has 0 radical (unpaired) electrons. The van der Waals surface area contributed by atoms with Gasteiger partial charge in [-0.15, -0.1) is 0 Å². The van der Waals surface area contributed by atoms with Gasteiger partial charge in [-0.25, -0.2) is 8.42 Å². The first-order chi connectivity index (χ1) is 16.3. The predicted octanol–water partition coefficient (Wildman–Crippen LogP) is 3.98. The summed E-state index contributed by atoms with van der Waals surface area (Å²) >= 11 is 0. The third-order valence-corrected chi connectivity index (χ3v) is 7.62. The molecule has 0 spiro atoms. The first kappa shape index (κ1) is 25.7. The van der Waals surface area contributed by atoms with Crippen LogP contribution >= 0.6 is 0 Å². The van der Waals surface area contributed by atoms with Crippen LogP contribution in [-0.4, -0.2) is 58.2 Å². The molecule has 34 heavy (non-hydrogen) atoms. The van der Waals surface area contributed by atoms with Gasteiger partial charge in [0.05, 0.1) is 23.5 Å². The zero-order chi connectivity index (χ0) is 24.7. The van der Waals surface area contributed by atoms with E-state index in [1.54, 1.807) is 19.2 Å². The Balaban J connectivity index is 1.82. The van der Waals surface area contributed by atoms with Gasteiger partial charge in [0, 0.05) is 32.3 Å². The van der Waals surface area contributed by atoms with Crippen molar-refractivity contribution < 1.29 is 27.6 Å². The van der Waals surface area contributed by atoms with Crippen LogP contribution in [0, 0.1) is 10.1 Å². The fourth-order valence-corrected chi connectivity index (χ4v) is 5.36. The highest BCUT2D eigenvalue weighted by atomic mass is 32.2. The van der Waals surface area contributed by atoms with Gasteiger partial charge in [-0.1, -0.05) is 12.5 Å². The number of piperidine rings is 1. The Bertz CT molecular complexity index is 1100. The summed E-state index contributed by atoms with van der Waals surface area (Å²) in [7, 11) is -0.654. The summed E-state index contributed by atoms with van der Waals surface area (Å²) in [5, 5.41) is 14.9. The number of hydrogen-bond donors (Lipinski definition) is 1. The quantitative estimate of drug-likeness (QED) is 0.284. The van der Waals surface area contributed by atoms with Gasteiger partial charge in [0.25, 0.3) is 5.69 Å². The highest BCUT2D eigenvalue weighted by Crippen LogP contribution is 2.35. The van der Waals surface area contributed by atoms with E-state index in [1.807, 2.05) is 13.0 Å². The van der Waals surface area contributed by atoms with Crippen LogP contribution in [0.3, 0.4) is 0 Å². The average Bonchev–Trinajstić information content (AvgIpc) is 2.84. The number of rotatable bonds is 11. The third kappa shape index (κ3) is 5.96. The van der Waals surface area contributed by atoms with E-state index in [0.717, 1.165) is 30.9 Å². The Morgan fingerprint density at radius 3 is 2.44 bits per heavy atom. The summed E-state index contributed by atoms with van der Waals surface area (Å²) in [6.07, 6.45) is 2.56. The van der Waals surface area contributed by atoms with Crippen molar-refractivity contribution in [1.82, 2.24) is 4.31 Å². The molecule has 11 heteroatoms. The largest absolute Gasteiger partial charge is 0.493 e. The first-order valence-corrected chi connectivity index (χ1v) is 12.6. The number of nitro benzene ring substituents is 1. The van der Waals surface area contributed by atoms with E-state index in [4.69, 9.17) is 14.2 Å². The summed E-state index contributed by atoms with van der Waals surface area (Å²) in [5.74, 6) is 1.09. The Kier molecular flexibility index (Phi) is 8.70. The molecule has 0 aromatic heterocycles. The maximum Gasteiger partial charge on any atom is 0.293 e. The molecule has 10 nitrogen and oxygen atoms in total. The van der Waals surface area contributed by atoms with Gasteiger partial charge in [-0.2, -0.15) is 4.31 Å². The Morgan fingerprint density at radius 1 is 1.06 bits per heavy atom. The van der Waals surface area contributed by atoms with Gasteiger partial charge in [-0.3, -0.25) is 10.1 Å². The van der Waals surface area contributed by atoms with Gasteiger partial charge in [-0.05, 0) is 49.6 Å². The first-order valence-electron chi connectivity index (χ1n) is 11.1. The Labute approximate surface area is 200 Å². The number of nitro groups is 1. The highest BCUT2D eigenvalue weighted by Gasteiger charge is 2.29. The minimum atomic E-state index is -3.78. The van der Waals surface area contributed by atoms with Crippen molar-refractivity contribution in [1.29, 1.82) is 0 Å². The molecule has 0 aliphatic carbocycles. The summed E-state index contributed by atoms with van der Waals surface area (Å²) in [4.78, 5) is 11.1. The minimum absolute atomic E-state index is 0.0708. The molecule has 1 N–H and O–H groups in total. The lowest BCUT2D eigenvalue weighted by Gasteiger charge is -2.26. The van der Waals surface area contributed by atoms with Crippen LogP contribution in [0.15, 0.2) is 41.3 Å². The molecule has 186 valence electrons. The van der Waals surface area contributed by atoms with Crippen LogP contribution in [0.25, 0.3) is 0 Å². The number of anilines is 1. The van der Waals surface area contributed by atoms with E-state index in [2.05, 4.69) is 5.32 Å². The second-order valence-electron chi connectivity index (χ2n) is 8.02. The molecule has 1 fully saturated rings. The number of nitrogens with one attached hydrogen (secondary N) is 1. The van der Waals surface area contributed by atoms with E-state index >= 15 is 0 Å². The normalized spacial score (nSPS) is 15.5. The molecule has 1 heterocycles. The van der Waals surface area contributed by atoms with Gasteiger partial charge < -0.3 is 19.5 Å². The molecule has 0 amide bonds. The van der Waals surface area contributed by atoms with E-state index in [-0.39, 0.29) is 22.3 Å². The minimum Gasteiger partial charge on any atom is -0.493 e. The zero-order valence-electron chi connectivity index (χ0n) is 19.7. The smallest absolute Gasteiger partial charge is 0.293 e. The number of sulfonamides is 1. The molecule has 3 rings (SSSR count). The highest BCUT2D eigenvalue weighted by molar-refractivity contribution is 7.89. The molecule has 1 aliphatic heterocycles. The number of ether oxygens (including phenoxy) is 3. The molecule has 2 aromatic carbocycles. The SMILES string of the molecule is COCCOc1ccc(C(C)Nc2ccc(S(=O)(=O)N3CCCCC3)cc2[N+](=O)[O-])cc1OC. The standard InChI is InChI=1S/C23H31N3O7S/c1-17(18-7-10-22(23(15-18)32-3)33-14-13-31-2)24-20-9-8-19(16-21(20)26(27)28)34(29,30)25-11-5-4-6-12-25/h7-10,15-17,24H,4-6,11-14H2,1-3H3. The van der Waals surface area contributed by atoms with E-state index in [9.17, 15) is 18.5 Å². The topological polar surface area (TPSA) is 120 Å². The van der Waals surface area contributed by atoms with E-state index in [0.29, 0.717) is 37.8 Å². The average molecular weight is 494 g/mol. The monoisotopic (exact) mass is 493 g/mol. The van der Waals surface area contributed by atoms with Crippen LogP contribution in [-0.2, 0) is 14.8 Å². The number of nitrogens with zero attached hydrogens (tertiary/aromatic N) is 2. The van der Waals surface area contributed by atoms with Gasteiger partial charge in [0.15, 0.2) is 11.5 Å². The van der Waals surface area contributed by atoms with Crippen molar-refractivity contribution in [2.75, 3.05) is 45.8 Å². The summed E-state index contributed by atoms with van der Waals surface area (Å²) in [6, 6.07) is 9.07. The zero-order valence-corrected chi connectivity index (χ0v) is 20.5. The molecule has 1 unspecified atom stereocenters. The van der Waals surface area contributed by atoms with Gasteiger partial charge >= 0.3 is 0 Å². The van der Waals surface area contributed by atoms with Crippen LogP contribution in [0.1, 0.15) is 37.8 Å². The molecule has 1 saturated heterocycles. The summed E-state index contributed by atoms with van der Waals surface area (Å²) in [5.41, 5.74) is 0.751. The van der Waals surface area contributed by atoms with Gasteiger partial charge in [0.1, 0.15) is 12.3 Å². The Hall–Kier alpha value is -2.89. The maximum absolute atomic E-state index is 13.0. The lowest BCUT2D eigenvalue weighted by molar-refractivity contribution is -0.384. The fraction of sp³-hybridized carbons (Fsp3) is 0.478. The third-order valence-electron chi connectivity index (χ3n) is 5.72. The molecule has 0 saturated carbocycles. The van der Waals surface area contributed by atoms with Crippen molar-refractivity contribution in [3.8, 4) is 11.5 Å². The molecule has 1 aliphatic rings. The molecular formula is C23H31N3O7S. The summed E-state index contributed by atoms with van der Waals surface area (Å²) in [6.45, 7) is 3.53. The predicted molar refractivity (Wildman–Crippen MR) is 128 cm³/mol. The van der Waals surface area contributed by atoms with Crippen molar-refractivity contribution >= 4 is 21.4 Å². The van der Waals surface area contributed by atoms with Crippen molar-refractivity contribution in [2.24, 2.45) is 0 Å². The second-order valence-corrected chi connectivity index (χ2v) is 9.96. The number of hydrogen-bond acceptors (Lipinski definition) is 8. The van der Waals surface area contributed by atoms with E-state index in [1.165, 1.54) is 23.5 Å². The summed E-state index contributed by atoms with van der Waals surface area (Å²) < 4.78 is 43.4. The van der Waals surface area contributed by atoms with E-state index < -0.39 is 14.9 Å². The van der Waals surface area contributed by atoms with Crippen molar-refractivity contribution in [3.05, 3.63) is 52.1 Å². The van der Waals surface area contributed by atoms with Crippen LogP contribution in [0.2, 0.25) is 0 Å². The lowest BCUT2D eigenvalue weighted by Crippen LogP contribution is -2.35. The van der Waals surface area contributed by atoms with Crippen molar-refractivity contribution in [3.63, 3.8) is 0 Å². The lowest BCUT2D eigenvalue weighted by atomic mass is 10.1. The molecule has 1 atom stereocenters. The molecular weight excluding hydrogens is 462 g/mol. The number of methoxy groups -OCH3 is 2. The fourth-order valence-electron chi connectivity index (χ4n) is 3.82. The molecule has 0 bridgehead atoms. The van der Waals surface area contributed by atoms with Crippen LogP contribution in [0.4, 0.5) is 11.4 Å². The maximum atomic E-state index is 13.0. The van der Waals surface area contributed by atoms with Crippen molar-refractivity contribution in [2.45, 2.75) is 37.1 Å². The van der Waals surface area contributed by atoms with Crippen LogP contribution < -0.4 is 14.8 Å². The number of benzene rings is 2.